The minimum absolute atomic E-state index is 0. The summed E-state index contributed by atoms with van der Waals surface area (Å²) in [5.41, 5.74) is 2.34. The highest BCUT2D eigenvalue weighted by molar-refractivity contribution is 7.08. The largest absolute Gasteiger partial charge is 0.478 e. The first-order valence-corrected chi connectivity index (χ1v) is 11.1. The molecule has 0 aliphatic heterocycles. The van der Waals surface area contributed by atoms with Crippen molar-refractivity contribution in [3.05, 3.63) is 59.4 Å². The van der Waals surface area contributed by atoms with Crippen LogP contribution in [-0.2, 0) is 6.18 Å². The third-order valence-corrected chi connectivity index (χ3v) is 6.05. The van der Waals surface area contributed by atoms with Gasteiger partial charge in [-0.05, 0) is 49.9 Å². The molecule has 2 atom stereocenters. The summed E-state index contributed by atoms with van der Waals surface area (Å²) in [5, 5.41) is 2.81. The standard InChI is InChI=1S/C22H19F5N4O2S.ClH/c23-14-5-2-6-15(24)18(14)19-13(22(25,26)27)7-8-16(30-19)20(32)31-17-10-29-34-21(17)33-12-4-1-3-11(28)9-12;/h2,5-8,10-12H,1,3-4,9,28H2,(H,31,32);1H. The fourth-order valence-corrected chi connectivity index (χ4v) is 4.39. The number of benzene rings is 1. The Balaban J connectivity index is 0.00000342. The molecule has 2 heterocycles. The number of alkyl halides is 3. The number of hydrogen-bond acceptors (Lipinski definition) is 6. The number of amides is 1. The molecule has 13 heteroatoms. The molecule has 1 aliphatic carbocycles. The zero-order chi connectivity index (χ0) is 24.5. The number of halogens is 6. The number of nitrogens with two attached hydrogens (primary N) is 1. The van der Waals surface area contributed by atoms with Crippen LogP contribution in [0.3, 0.4) is 0 Å². The first-order valence-electron chi connectivity index (χ1n) is 10.3. The van der Waals surface area contributed by atoms with Gasteiger partial charge in [-0.25, -0.2) is 13.8 Å². The van der Waals surface area contributed by atoms with Gasteiger partial charge in [0.1, 0.15) is 29.1 Å². The Morgan fingerprint density at radius 3 is 2.51 bits per heavy atom. The van der Waals surface area contributed by atoms with E-state index < -0.39 is 46.2 Å². The summed E-state index contributed by atoms with van der Waals surface area (Å²) in [6.45, 7) is 0. The van der Waals surface area contributed by atoms with Gasteiger partial charge in [0.15, 0.2) is 0 Å². The fourth-order valence-electron chi connectivity index (χ4n) is 3.75. The van der Waals surface area contributed by atoms with Gasteiger partial charge in [-0.15, -0.1) is 12.4 Å². The summed E-state index contributed by atoms with van der Waals surface area (Å²) < 4.78 is 79.0. The summed E-state index contributed by atoms with van der Waals surface area (Å²) in [6, 6.07) is 4.05. The third kappa shape index (κ3) is 6.06. The molecule has 1 aliphatic rings. The normalized spacial score (nSPS) is 18.0. The maximum atomic E-state index is 14.3. The van der Waals surface area contributed by atoms with Crippen molar-refractivity contribution < 1.29 is 31.5 Å². The number of rotatable bonds is 5. The molecule has 1 fully saturated rings. The minimum atomic E-state index is -4.95. The number of nitrogens with zero attached hydrogens (tertiary/aromatic N) is 2. The molecule has 3 N–H and O–H groups in total. The summed E-state index contributed by atoms with van der Waals surface area (Å²) in [5.74, 6) is -3.37. The quantitative estimate of drug-likeness (QED) is 0.402. The second kappa shape index (κ2) is 10.8. The van der Waals surface area contributed by atoms with Crippen LogP contribution in [0, 0.1) is 11.6 Å². The highest BCUT2D eigenvalue weighted by Crippen LogP contribution is 2.38. The monoisotopic (exact) mass is 534 g/mol. The van der Waals surface area contributed by atoms with E-state index in [0.29, 0.717) is 17.6 Å². The lowest BCUT2D eigenvalue weighted by molar-refractivity contribution is -0.137. The van der Waals surface area contributed by atoms with E-state index in [9.17, 15) is 26.7 Å². The van der Waals surface area contributed by atoms with Gasteiger partial charge >= 0.3 is 6.18 Å². The van der Waals surface area contributed by atoms with Crippen molar-refractivity contribution in [3.8, 4) is 16.3 Å². The SMILES string of the molecule is Cl.NC1CCCC(Oc2sncc2NC(=O)c2ccc(C(F)(F)F)c(-c3c(F)cccc3F)n2)C1. The zero-order valence-corrected chi connectivity index (χ0v) is 19.6. The molecule has 1 amide bonds. The van der Waals surface area contributed by atoms with Gasteiger partial charge in [-0.3, -0.25) is 4.79 Å². The topological polar surface area (TPSA) is 90.1 Å². The Bertz CT molecular complexity index is 1190. The van der Waals surface area contributed by atoms with Gasteiger partial charge in [0.25, 0.3) is 5.91 Å². The van der Waals surface area contributed by atoms with E-state index in [1.807, 2.05) is 0 Å². The Kier molecular flexibility index (Phi) is 8.29. The van der Waals surface area contributed by atoms with E-state index in [2.05, 4.69) is 14.7 Å². The summed E-state index contributed by atoms with van der Waals surface area (Å²) in [4.78, 5) is 16.5. The number of pyridine rings is 1. The van der Waals surface area contributed by atoms with Gasteiger partial charge in [0, 0.05) is 17.6 Å². The lowest BCUT2D eigenvalue weighted by Crippen LogP contribution is -2.33. The summed E-state index contributed by atoms with van der Waals surface area (Å²) in [7, 11) is 0. The Labute approximate surface area is 207 Å². The lowest BCUT2D eigenvalue weighted by atomic mass is 9.94. The molecular formula is C22H20ClF5N4O2S. The first kappa shape index (κ1) is 26.8. The molecule has 6 nitrogen and oxygen atoms in total. The minimum Gasteiger partial charge on any atom is -0.478 e. The van der Waals surface area contributed by atoms with Crippen molar-refractivity contribution in [2.45, 2.75) is 44.0 Å². The van der Waals surface area contributed by atoms with Crippen molar-refractivity contribution in [2.24, 2.45) is 5.73 Å². The van der Waals surface area contributed by atoms with Crippen LogP contribution in [0.25, 0.3) is 11.3 Å². The molecule has 35 heavy (non-hydrogen) atoms. The van der Waals surface area contributed by atoms with Crippen molar-refractivity contribution in [1.82, 2.24) is 9.36 Å². The Morgan fingerprint density at radius 1 is 1.14 bits per heavy atom. The summed E-state index contributed by atoms with van der Waals surface area (Å²) in [6.07, 6.45) is -0.540. The van der Waals surface area contributed by atoms with E-state index in [4.69, 9.17) is 10.5 Å². The van der Waals surface area contributed by atoms with E-state index in [1.54, 1.807) is 0 Å². The highest BCUT2D eigenvalue weighted by Gasteiger charge is 2.36. The van der Waals surface area contributed by atoms with Crippen LogP contribution in [0.2, 0.25) is 0 Å². The molecule has 3 aromatic rings. The van der Waals surface area contributed by atoms with Crippen molar-refractivity contribution in [3.63, 3.8) is 0 Å². The predicted octanol–water partition coefficient (Wildman–Crippen LogP) is 5.82. The number of nitrogens with one attached hydrogen (secondary N) is 1. The van der Waals surface area contributed by atoms with Crippen LogP contribution in [0.15, 0.2) is 36.5 Å². The van der Waals surface area contributed by atoms with Gasteiger partial charge in [0.2, 0.25) is 5.06 Å². The molecule has 2 unspecified atom stereocenters. The Hall–Kier alpha value is -2.83. The van der Waals surface area contributed by atoms with Crippen LogP contribution in [0.4, 0.5) is 27.6 Å². The molecule has 188 valence electrons. The Morgan fingerprint density at radius 2 is 1.86 bits per heavy atom. The maximum absolute atomic E-state index is 14.3. The van der Waals surface area contributed by atoms with E-state index in [1.165, 1.54) is 6.20 Å². The maximum Gasteiger partial charge on any atom is 0.418 e. The zero-order valence-electron chi connectivity index (χ0n) is 17.9. The van der Waals surface area contributed by atoms with E-state index in [0.717, 1.165) is 55.1 Å². The third-order valence-electron chi connectivity index (χ3n) is 5.36. The van der Waals surface area contributed by atoms with Crippen molar-refractivity contribution in [1.29, 1.82) is 0 Å². The smallest absolute Gasteiger partial charge is 0.418 e. The lowest BCUT2D eigenvalue weighted by Gasteiger charge is -2.26. The number of aromatic nitrogens is 2. The molecule has 1 saturated carbocycles. The van der Waals surface area contributed by atoms with Crippen LogP contribution >= 0.6 is 23.9 Å². The number of carbonyl (C=O) groups excluding carboxylic acids is 1. The molecule has 1 aromatic carbocycles. The molecule has 4 rings (SSSR count). The van der Waals surface area contributed by atoms with E-state index >= 15 is 0 Å². The number of carbonyl (C=O) groups is 1. The summed E-state index contributed by atoms with van der Waals surface area (Å²) >= 11 is 0.995. The number of hydrogen-bond donors (Lipinski definition) is 2. The number of ether oxygens (including phenoxy) is 1. The van der Waals surface area contributed by atoms with Crippen LogP contribution in [0.5, 0.6) is 5.06 Å². The van der Waals surface area contributed by atoms with Gasteiger partial charge in [0.05, 0.1) is 23.0 Å². The highest BCUT2D eigenvalue weighted by atomic mass is 35.5. The van der Waals surface area contributed by atoms with Crippen LogP contribution in [0.1, 0.15) is 41.7 Å². The van der Waals surface area contributed by atoms with Crippen molar-refractivity contribution in [2.75, 3.05) is 5.32 Å². The van der Waals surface area contributed by atoms with E-state index in [-0.39, 0.29) is 30.2 Å². The molecule has 0 saturated heterocycles. The second-order valence-electron chi connectivity index (χ2n) is 7.83. The average Bonchev–Trinajstić information content (AvgIpc) is 3.19. The van der Waals surface area contributed by atoms with Gasteiger partial charge < -0.3 is 15.8 Å². The van der Waals surface area contributed by atoms with Crippen LogP contribution < -0.4 is 15.8 Å². The average molecular weight is 535 g/mol. The molecule has 0 radical (unpaired) electrons. The molecule has 0 spiro atoms. The molecular weight excluding hydrogens is 515 g/mol. The van der Waals surface area contributed by atoms with Gasteiger partial charge in [-0.2, -0.15) is 17.5 Å². The van der Waals surface area contributed by atoms with Gasteiger partial charge in [-0.1, -0.05) is 6.07 Å². The number of anilines is 1. The second-order valence-corrected chi connectivity index (χ2v) is 8.60. The molecule has 0 bridgehead atoms. The predicted molar refractivity (Wildman–Crippen MR) is 123 cm³/mol. The first-order chi connectivity index (χ1) is 16.1. The van der Waals surface area contributed by atoms with Crippen molar-refractivity contribution >= 4 is 35.5 Å². The fraction of sp³-hybridized carbons (Fsp3) is 0.318. The van der Waals surface area contributed by atoms with Crippen LogP contribution in [-0.4, -0.2) is 27.4 Å². The molecule has 2 aromatic heterocycles.